The van der Waals surface area contributed by atoms with Crippen molar-refractivity contribution in [2.24, 2.45) is 0 Å². The normalized spacial score (nSPS) is 11.7. The van der Waals surface area contributed by atoms with Gasteiger partial charge in [-0.1, -0.05) is 156 Å². The zero-order valence-electron chi connectivity index (χ0n) is 32.4. The predicted molar refractivity (Wildman–Crippen MR) is 247 cm³/mol. The summed E-state index contributed by atoms with van der Waals surface area (Å²) in [6.45, 7) is 6.41. The van der Waals surface area contributed by atoms with Crippen molar-refractivity contribution in [3.63, 3.8) is 0 Å². The van der Waals surface area contributed by atoms with E-state index in [1.807, 2.05) is 0 Å². The van der Waals surface area contributed by atoms with Crippen LogP contribution in [0.1, 0.15) is 27.8 Å². The second-order valence-corrected chi connectivity index (χ2v) is 15.2. The second-order valence-electron chi connectivity index (χ2n) is 15.2. The summed E-state index contributed by atoms with van der Waals surface area (Å²) in [7, 11) is 0. The van der Waals surface area contributed by atoms with Crippen molar-refractivity contribution in [2.75, 3.05) is 9.80 Å². The Bertz CT molecular complexity index is 3030. The van der Waals surface area contributed by atoms with E-state index >= 15 is 0 Å². The van der Waals surface area contributed by atoms with Crippen LogP contribution in [0.2, 0.25) is 0 Å². The van der Waals surface area contributed by atoms with Crippen molar-refractivity contribution in [1.29, 1.82) is 0 Å². The molecule has 0 saturated heterocycles. The third-order valence-electron chi connectivity index (χ3n) is 11.4. The van der Waals surface area contributed by atoms with Crippen LogP contribution < -0.4 is 9.80 Å². The number of aryl methyl sites for hydroxylation is 3. The number of hydrogen-bond donors (Lipinski definition) is 0. The Morgan fingerprint density at radius 2 is 0.614 bits per heavy atom. The maximum absolute atomic E-state index is 2.41. The molecular formula is C55H42N2. The van der Waals surface area contributed by atoms with E-state index in [-0.39, 0.29) is 0 Å². The third kappa shape index (κ3) is 6.16. The van der Waals surface area contributed by atoms with Gasteiger partial charge >= 0.3 is 0 Å². The van der Waals surface area contributed by atoms with Gasteiger partial charge in [0.15, 0.2) is 0 Å². The topological polar surface area (TPSA) is 6.48 Å². The Hall–Kier alpha value is -7.16. The lowest BCUT2D eigenvalue weighted by Gasteiger charge is -2.29. The molecule has 0 spiro atoms. The lowest BCUT2D eigenvalue weighted by Crippen LogP contribution is -2.11. The van der Waals surface area contributed by atoms with Gasteiger partial charge in [-0.2, -0.15) is 0 Å². The number of nitrogens with zero attached hydrogens (tertiary/aromatic N) is 2. The van der Waals surface area contributed by atoms with Gasteiger partial charge < -0.3 is 9.80 Å². The van der Waals surface area contributed by atoms with Crippen molar-refractivity contribution >= 4 is 89.4 Å². The maximum Gasteiger partial charge on any atom is 0.0540 e. The molecule has 2 nitrogen and oxygen atoms in total. The number of fused-ring (bicyclic) bond motifs is 2. The van der Waals surface area contributed by atoms with E-state index in [0.717, 1.165) is 34.0 Å². The van der Waals surface area contributed by atoms with Crippen molar-refractivity contribution in [3.05, 3.63) is 216 Å². The average Bonchev–Trinajstić information content (AvgIpc) is 3.25. The van der Waals surface area contributed by atoms with Gasteiger partial charge in [-0.15, -0.1) is 0 Å². The highest BCUT2D eigenvalue weighted by molar-refractivity contribution is 6.35. The molecule has 0 bridgehead atoms. The first-order valence-corrected chi connectivity index (χ1v) is 19.8. The molecule has 0 N–H and O–H groups in total. The van der Waals surface area contributed by atoms with E-state index in [9.17, 15) is 0 Å². The van der Waals surface area contributed by atoms with Crippen LogP contribution in [-0.2, 0) is 0 Å². The molecule has 0 aliphatic rings. The van der Waals surface area contributed by atoms with Gasteiger partial charge in [-0.05, 0) is 125 Å². The van der Waals surface area contributed by atoms with Crippen LogP contribution >= 0.6 is 0 Å². The van der Waals surface area contributed by atoms with Crippen molar-refractivity contribution in [1.82, 2.24) is 0 Å². The van der Waals surface area contributed by atoms with Gasteiger partial charge in [0.2, 0.25) is 0 Å². The predicted octanol–water partition coefficient (Wildman–Crippen LogP) is 15.8. The van der Waals surface area contributed by atoms with Crippen molar-refractivity contribution in [3.8, 4) is 0 Å². The van der Waals surface area contributed by atoms with Crippen LogP contribution in [-0.4, -0.2) is 0 Å². The largest absolute Gasteiger partial charge is 0.310 e. The zero-order chi connectivity index (χ0) is 38.5. The van der Waals surface area contributed by atoms with E-state index in [1.165, 1.54) is 71.0 Å². The van der Waals surface area contributed by atoms with Crippen LogP contribution in [0.15, 0.2) is 188 Å². The summed E-state index contributed by atoms with van der Waals surface area (Å²) in [5.74, 6) is 0. The summed E-state index contributed by atoms with van der Waals surface area (Å²) >= 11 is 0. The van der Waals surface area contributed by atoms with Gasteiger partial charge in [0.05, 0.1) is 11.4 Å². The Morgan fingerprint density at radius 1 is 0.281 bits per heavy atom. The van der Waals surface area contributed by atoms with Crippen LogP contribution in [0.5, 0.6) is 0 Å². The molecule has 0 radical (unpaired) electrons. The molecular weight excluding hydrogens is 689 g/mol. The Morgan fingerprint density at radius 3 is 1.05 bits per heavy atom. The average molecular weight is 731 g/mol. The molecule has 0 aromatic heterocycles. The van der Waals surface area contributed by atoms with E-state index in [1.54, 1.807) is 0 Å². The van der Waals surface area contributed by atoms with E-state index in [2.05, 4.69) is 231 Å². The lowest BCUT2D eigenvalue weighted by atomic mass is 9.88. The molecule has 57 heavy (non-hydrogen) atoms. The Kier molecular flexibility index (Phi) is 8.53. The number of para-hydroxylation sites is 1. The minimum absolute atomic E-state index is 1.12. The molecule has 0 heterocycles. The molecule has 0 fully saturated rings. The standard InChI is InChI=1S/C55H42N2/c1-37-15-21-40(22-16-37)23-24-41-25-31-45(32-26-41)57(44-29-19-39(3)20-30-44)53-36-34-49-48-33-35-52(56(42-9-5-4-6-10-42)43-27-17-38(2)18-28-43)50-13-7-11-46(54(48)50)47-12-8-14-51(53)55(47)49/h4-36H,1-3H3/b24-23+. The molecule has 0 atom stereocenters. The first-order chi connectivity index (χ1) is 28.0. The third-order valence-corrected chi connectivity index (χ3v) is 11.4. The fraction of sp³-hybridized carbons (Fsp3) is 0.0545. The summed E-state index contributed by atoms with van der Waals surface area (Å²) in [4.78, 5) is 4.80. The minimum atomic E-state index is 1.12. The maximum atomic E-state index is 2.41. The first-order valence-electron chi connectivity index (χ1n) is 19.8. The van der Waals surface area contributed by atoms with Crippen LogP contribution in [0, 0.1) is 20.8 Å². The molecule has 0 amide bonds. The number of benzene rings is 10. The quantitative estimate of drug-likeness (QED) is 0.0872. The van der Waals surface area contributed by atoms with E-state index in [4.69, 9.17) is 0 Å². The van der Waals surface area contributed by atoms with Gasteiger partial charge in [-0.25, -0.2) is 0 Å². The number of anilines is 6. The first kappa shape index (κ1) is 34.3. The lowest BCUT2D eigenvalue weighted by molar-refractivity contribution is 1.29. The van der Waals surface area contributed by atoms with Gasteiger partial charge in [0.1, 0.15) is 0 Å². The van der Waals surface area contributed by atoms with Crippen molar-refractivity contribution < 1.29 is 0 Å². The summed E-state index contributed by atoms with van der Waals surface area (Å²) in [5, 5.41) is 10.1. The number of rotatable bonds is 8. The SMILES string of the molecule is Cc1ccc(/C=C/c2ccc(N(c3ccc(C)cc3)c3ccc4c5ccc(N(c6ccccc6)c6ccc(C)cc6)c6cccc(c7cccc3c74)c65)cc2)cc1. The molecule has 0 aliphatic heterocycles. The molecule has 10 rings (SSSR count). The van der Waals surface area contributed by atoms with Crippen molar-refractivity contribution in [2.45, 2.75) is 20.8 Å². The highest BCUT2D eigenvalue weighted by atomic mass is 15.1. The highest BCUT2D eigenvalue weighted by Crippen LogP contribution is 2.48. The van der Waals surface area contributed by atoms with Gasteiger partial charge in [0, 0.05) is 33.5 Å². The van der Waals surface area contributed by atoms with Gasteiger partial charge in [-0.3, -0.25) is 0 Å². The van der Waals surface area contributed by atoms with Crippen LogP contribution in [0.4, 0.5) is 34.1 Å². The van der Waals surface area contributed by atoms with E-state index in [0.29, 0.717) is 0 Å². The molecule has 2 heteroatoms. The second kappa shape index (κ2) is 14.2. The monoisotopic (exact) mass is 730 g/mol. The summed E-state index contributed by atoms with van der Waals surface area (Å²) < 4.78 is 0. The van der Waals surface area contributed by atoms with Gasteiger partial charge in [0.25, 0.3) is 0 Å². The molecule has 10 aromatic carbocycles. The molecule has 10 aromatic rings. The highest BCUT2D eigenvalue weighted by Gasteiger charge is 2.22. The van der Waals surface area contributed by atoms with E-state index < -0.39 is 0 Å². The molecule has 0 saturated carbocycles. The fourth-order valence-electron chi connectivity index (χ4n) is 8.49. The van der Waals surface area contributed by atoms with Crippen LogP contribution in [0.3, 0.4) is 0 Å². The summed E-state index contributed by atoms with van der Waals surface area (Å²) in [6.07, 6.45) is 4.37. The molecule has 0 unspecified atom stereocenters. The minimum Gasteiger partial charge on any atom is -0.310 e. The Balaban J connectivity index is 1.15. The Labute approximate surface area is 334 Å². The molecule has 272 valence electrons. The zero-order valence-corrected chi connectivity index (χ0v) is 32.4. The summed E-state index contributed by atoms with van der Waals surface area (Å²) in [5.41, 5.74) is 13.0. The smallest absolute Gasteiger partial charge is 0.0540 e. The molecule has 0 aliphatic carbocycles. The fourth-order valence-corrected chi connectivity index (χ4v) is 8.49. The van der Waals surface area contributed by atoms with Crippen LogP contribution in [0.25, 0.3) is 55.2 Å². The number of hydrogen-bond acceptors (Lipinski definition) is 2. The summed E-state index contributed by atoms with van der Waals surface area (Å²) in [6, 6.07) is 69.0.